The van der Waals surface area contributed by atoms with Gasteiger partial charge in [0.05, 0.1) is 20.8 Å². The van der Waals surface area contributed by atoms with Gasteiger partial charge in [-0.3, -0.25) is 15.0 Å². The van der Waals surface area contributed by atoms with Crippen LogP contribution in [0.3, 0.4) is 0 Å². The number of aromatic nitrogens is 2. The normalized spacial score (nSPS) is 23.2. The molecule has 2 aromatic carbocycles. The van der Waals surface area contributed by atoms with Crippen LogP contribution in [0.4, 0.5) is 28.8 Å². The molecule has 4 fully saturated rings. The number of ether oxygens (including phenoxy) is 1. The van der Waals surface area contributed by atoms with Crippen LogP contribution in [-0.2, 0) is 4.79 Å². The Kier molecular flexibility index (Phi) is 7.66. The van der Waals surface area contributed by atoms with E-state index in [1.165, 1.54) is 12.1 Å². The first-order valence-corrected chi connectivity index (χ1v) is 17.3. The number of nitriles is 1. The Hall–Kier alpha value is -4.19. The van der Waals surface area contributed by atoms with Crippen molar-refractivity contribution in [2.75, 3.05) is 43.0 Å². The van der Waals surface area contributed by atoms with Crippen LogP contribution in [0.1, 0.15) is 50.5 Å². The van der Waals surface area contributed by atoms with E-state index in [1.807, 2.05) is 11.0 Å². The van der Waals surface area contributed by atoms with E-state index in [0.717, 1.165) is 49.6 Å². The minimum atomic E-state index is -1.44. The minimum absolute atomic E-state index is 0.0113. The van der Waals surface area contributed by atoms with Gasteiger partial charge in [0.2, 0.25) is 0 Å². The molecule has 3 saturated heterocycles. The van der Waals surface area contributed by atoms with Crippen molar-refractivity contribution in [2.45, 2.75) is 56.7 Å². The third kappa shape index (κ3) is 5.25. The molecule has 0 unspecified atom stereocenters. The topological polar surface area (TPSA) is 132 Å². The first-order valence-electron chi connectivity index (χ1n) is 16.1. The number of hydrogen-bond donors (Lipinski definition) is 2. The molecule has 4 aromatic rings. The lowest BCUT2D eigenvalue weighted by Gasteiger charge is -2.48. The number of benzene rings is 2. The molecule has 10 nitrogen and oxygen atoms in total. The van der Waals surface area contributed by atoms with Gasteiger partial charge in [0.25, 0.3) is 0 Å². The fourth-order valence-electron chi connectivity index (χ4n) is 8.49. The molecule has 1 saturated carbocycles. The van der Waals surface area contributed by atoms with Gasteiger partial charge in [0.1, 0.15) is 46.8 Å². The maximum atomic E-state index is 17.1. The molecular weight excluding hydrogens is 681 g/mol. The Morgan fingerprint density at radius 3 is 2.78 bits per heavy atom. The summed E-state index contributed by atoms with van der Waals surface area (Å²) in [7, 11) is 0. The number of thiophene rings is 1. The Balaban J connectivity index is 1.28. The highest BCUT2D eigenvalue weighted by Crippen LogP contribution is 2.49. The number of carbonyl (C=O) groups excluding carboxylic acids is 1. The third-order valence-electron chi connectivity index (χ3n) is 10.6. The summed E-state index contributed by atoms with van der Waals surface area (Å²) in [5, 5.41) is 21.6. The number of Topliss-reactive ketones (excluding diaryl/α,β-unsaturated/α-hetero) is 1. The van der Waals surface area contributed by atoms with Gasteiger partial charge in [-0.05, 0) is 49.9 Å². The van der Waals surface area contributed by atoms with Crippen LogP contribution in [0.2, 0.25) is 5.02 Å². The maximum Gasteiger partial charge on any atom is 0.409 e. The first kappa shape index (κ1) is 32.0. The largest absolute Gasteiger partial charge is 0.465 e. The number of rotatable bonds is 6. The van der Waals surface area contributed by atoms with E-state index >= 15 is 8.78 Å². The van der Waals surface area contributed by atoms with Crippen molar-refractivity contribution < 1.29 is 32.6 Å². The summed E-state index contributed by atoms with van der Waals surface area (Å²) < 4.78 is 52.8. The van der Waals surface area contributed by atoms with E-state index in [4.69, 9.17) is 21.3 Å². The van der Waals surface area contributed by atoms with E-state index in [-0.39, 0.29) is 66.1 Å². The van der Waals surface area contributed by atoms with Crippen molar-refractivity contribution in [3.63, 3.8) is 0 Å². The molecule has 1 aliphatic carbocycles. The molecule has 3 aliphatic heterocycles. The summed E-state index contributed by atoms with van der Waals surface area (Å²) in [6, 6.07) is 5.79. The number of halogens is 4. The van der Waals surface area contributed by atoms with Gasteiger partial charge in [-0.2, -0.15) is 15.2 Å². The SMILES string of the molecule is N#Cc1c(NC(=O)O)sc2c(F)ccc(-c3c(Cl)cc4c(N5CCCC6(CC(=O)C6)C5)nc(OC[C@@]56CCCN5C[C@H](F)C6)nc4c3F)c12. The number of carbonyl (C=O) groups is 2. The Bertz CT molecular complexity index is 2120. The molecule has 15 heteroatoms. The second kappa shape index (κ2) is 11.7. The molecule has 0 bridgehead atoms. The van der Waals surface area contributed by atoms with Gasteiger partial charge in [0.15, 0.2) is 5.82 Å². The smallest absolute Gasteiger partial charge is 0.409 e. The van der Waals surface area contributed by atoms with Crippen molar-refractivity contribution in [3.8, 4) is 23.2 Å². The van der Waals surface area contributed by atoms with Crippen molar-refractivity contribution in [3.05, 3.63) is 40.4 Å². The molecule has 1 spiro atoms. The number of hydrogen-bond acceptors (Lipinski definition) is 9. The molecule has 8 rings (SSSR count). The molecule has 2 N–H and O–H groups in total. The monoisotopic (exact) mass is 710 g/mol. The Labute approximate surface area is 287 Å². The highest BCUT2D eigenvalue weighted by Gasteiger charge is 2.50. The summed E-state index contributed by atoms with van der Waals surface area (Å²) >= 11 is 7.56. The first-order chi connectivity index (χ1) is 23.5. The highest BCUT2D eigenvalue weighted by molar-refractivity contribution is 7.23. The number of ketones is 1. The van der Waals surface area contributed by atoms with Crippen LogP contribution in [0, 0.1) is 28.4 Å². The standard InChI is InChI=1S/C34H30ClF3N6O4S/c35-22-9-20-27(26(38)25(22)19-3-4-23(37)28-24(19)21(13-39)30(49-28)42-32(46)47)40-31(48-16-34-6-2-8-44(34)14-17(36)10-34)41-29(20)43-7-1-5-33(15-43)11-18(45)12-33/h3-4,9,17,42H,1-2,5-8,10-12,14-16H2,(H,46,47)/t17-,34+/m1/s1. The second-order valence-corrected chi connectivity index (χ2v) is 15.1. The van der Waals surface area contributed by atoms with Crippen molar-refractivity contribution >= 4 is 66.6 Å². The van der Waals surface area contributed by atoms with Gasteiger partial charge in [-0.1, -0.05) is 17.7 Å². The van der Waals surface area contributed by atoms with E-state index in [1.54, 1.807) is 0 Å². The lowest BCUT2D eigenvalue weighted by Crippen LogP contribution is -2.51. The zero-order chi connectivity index (χ0) is 34.2. The molecule has 4 aliphatic rings. The van der Waals surface area contributed by atoms with Crippen LogP contribution in [0.25, 0.3) is 32.1 Å². The number of nitrogens with zero attached hydrogens (tertiary/aromatic N) is 5. The lowest BCUT2D eigenvalue weighted by atomic mass is 9.63. The predicted molar refractivity (Wildman–Crippen MR) is 178 cm³/mol. The van der Waals surface area contributed by atoms with Gasteiger partial charge in [-0.15, -0.1) is 11.3 Å². The zero-order valence-corrected chi connectivity index (χ0v) is 27.7. The summed E-state index contributed by atoms with van der Waals surface area (Å²) in [6.07, 6.45) is 2.22. The molecule has 49 heavy (non-hydrogen) atoms. The fourth-order valence-corrected chi connectivity index (χ4v) is 9.86. The molecule has 254 valence electrons. The third-order valence-corrected chi connectivity index (χ3v) is 12.0. The highest BCUT2D eigenvalue weighted by atomic mass is 35.5. The fraction of sp³-hybridized carbons (Fsp3) is 0.441. The van der Waals surface area contributed by atoms with Crippen molar-refractivity contribution in [1.82, 2.24) is 14.9 Å². The minimum Gasteiger partial charge on any atom is -0.465 e. The maximum absolute atomic E-state index is 17.1. The number of anilines is 2. The number of carboxylic acid groups (broad SMARTS) is 1. The summed E-state index contributed by atoms with van der Waals surface area (Å²) in [5.41, 5.74) is -1.04. The molecule has 0 radical (unpaired) electrons. The Morgan fingerprint density at radius 1 is 1.22 bits per heavy atom. The number of amides is 1. The van der Waals surface area contributed by atoms with E-state index in [2.05, 4.69) is 15.2 Å². The predicted octanol–water partition coefficient (Wildman–Crippen LogP) is 7.31. The van der Waals surface area contributed by atoms with Gasteiger partial charge in [0, 0.05) is 60.6 Å². The van der Waals surface area contributed by atoms with E-state index in [0.29, 0.717) is 50.1 Å². The van der Waals surface area contributed by atoms with Gasteiger partial charge >= 0.3 is 12.1 Å². The van der Waals surface area contributed by atoms with Crippen molar-refractivity contribution in [1.29, 1.82) is 5.26 Å². The number of nitrogens with one attached hydrogen (secondary N) is 1. The number of alkyl halides is 1. The van der Waals surface area contributed by atoms with Gasteiger partial charge in [-0.25, -0.2) is 18.0 Å². The van der Waals surface area contributed by atoms with E-state index < -0.39 is 29.4 Å². The average molecular weight is 711 g/mol. The van der Waals surface area contributed by atoms with Crippen LogP contribution in [0.5, 0.6) is 6.01 Å². The number of fused-ring (bicyclic) bond motifs is 3. The van der Waals surface area contributed by atoms with Gasteiger partial charge < -0.3 is 14.7 Å². The molecule has 5 heterocycles. The molecular formula is C34H30ClF3N6O4S. The second-order valence-electron chi connectivity index (χ2n) is 13.7. The lowest BCUT2D eigenvalue weighted by molar-refractivity contribution is -0.133. The van der Waals surface area contributed by atoms with Crippen LogP contribution >= 0.6 is 22.9 Å². The summed E-state index contributed by atoms with van der Waals surface area (Å²) in [4.78, 5) is 36.9. The van der Waals surface area contributed by atoms with Crippen LogP contribution < -0.4 is 15.0 Å². The molecule has 1 amide bonds. The Morgan fingerprint density at radius 2 is 2.02 bits per heavy atom. The summed E-state index contributed by atoms with van der Waals surface area (Å²) in [5.74, 6) is -0.972. The zero-order valence-electron chi connectivity index (χ0n) is 26.1. The number of piperidine rings is 1. The van der Waals surface area contributed by atoms with Crippen LogP contribution in [0.15, 0.2) is 18.2 Å². The average Bonchev–Trinajstić information content (AvgIpc) is 3.70. The van der Waals surface area contributed by atoms with E-state index in [9.17, 15) is 24.3 Å². The van der Waals surface area contributed by atoms with Crippen LogP contribution in [-0.4, -0.2) is 76.3 Å². The summed E-state index contributed by atoms with van der Waals surface area (Å²) in [6.45, 7) is 2.35. The van der Waals surface area contributed by atoms with Crippen molar-refractivity contribution in [2.24, 2.45) is 5.41 Å². The molecule has 2 aromatic heterocycles. The molecule has 2 atom stereocenters. The quantitative estimate of drug-likeness (QED) is 0.211.